The van der Waals surface area contributed by atoms with E-state index in [0.29, 0.717) is 34.4 Å². The monoisotopic (exact) mass is 305 g/mol. The summed E-state index contributed by atoms with van der Waals surface area (Å²) >= 11 is 5.89. The number of benzene rings is 2. The largest absolute Gasteiger partial charge is 0.507 e. The Morgan fingerprint density at radius 2 is 2.00 bits per heavy atom. The lowest BCUT2D eigenvalue weighted by atomic mass is 10.2. The van der Waals surface area contributed by atoms with Gasteiger partial charge in [-0.3, -0.25) is 4.99 Å². The van der Waals surface area contributed by atoms with E-state index in [9.17, 15) is 5.11 Å². The number of nitrogens with zero attached hydrogens (tertiary/aromatic N) is 1. The van der Waals surface area contributed by atoms with Gasteiger partial charge >= 0.3 is 0 Å². The number of rotatable bonds is 5. The normalized spacial score (nSPS) is 10.8. The number of phenols is 1. The van der Waals surface area contributed by atoms with Crippen LogP contribution in [0.25, 0.3) is 0 Å². The lowest BCUT2D eigenvalue weighted by molar-refractivity contribution is 0.311. The summed E-state index contributed by atoms with van der Waals surface area (Å²) in [6.07, 6.45) is 1.55. The maximum absolute atomic E-state index is 9.73. The Morgan fingerprint density at radius 3 is 2.71 bits per heavy atom. The Hall–Kier alpha value is -2.20. The van der Waals surface area contributed by atoms with Gasteiger partial charge in [-0.1, -0.05) is 11.6 Å². The standard InChI is InChI=1S/C16H16ClNO3/c1-3-21-15-7-5-13(9-16(15)20-2)18-10-11-8-12(17)4-6-14(11)19/h4-10,19H,3H2,1-2H3. The van der Waals surface area contributed by atoms with E-state index < -0.39 is 0 Å². The van der Waals surface area contributed by atoms with E-state index in [4.69, 9.17) is 21.1 Å². The first-order valence-electron chi connectivity index (χ1n) is 6.47. The van der Waals surface area contributed by atoms with Crippen molar-refractivity contribution in [3.8, 4) is 17.2 Å². The van der Waals surface area contributed by atoms with Gasteiger partial charge in [0.1, 0.15) is 5.75 Å². The predicted octanol–water partition coefficient (Wildman–Crippen LogP) is 4.20. The number of methoxy groups -OCH3 is 1. The minimum absolute atomic E-state index is 0.126. The van der Waals surface area contributed by atoms with Crippen molar-refractivity contribution < 1.29 is 14.6 Å². The topological polar surface area (TPSA) is 51.0 Å². The Labute approximate surface area is 128 Å². The first-order chi connectivity index (χ1) is 10.1. The van der Waals surface area contributed by atoms with Crippen LogP contribution in [0.5, 0.6) is 17.2 Å². The Balaban J connectivity index is 2.26. The fourth-order valence-electron chi connectivity index (χ4n) is 1.78. The van der Waals surface area contributed by atoms with E-state index in [2.05, 4.69) is 4.99 Å². The summed E-state index contributed by atoms with van der Waals surface area (Å²) in [7, 11) is 1.58. The highest BCUT2D eigenvalue weighted by Crippen LogP contribution is 2.31. The van der Waals surface area contributed by atoms with Crippen LogP contribution in [0.4, 0.5) is 5.69 Å². The highest BCUT2D eigenvalue weighted by Gasteiger charge is 2.05. The Morgan fingerprint density at radius 1 is 1.19 bits per heavy atom. The molecule has 2 rings (SSSR count). The first kappa shape index (κ1) is 15.2. The number of ether oxygens (including phenoxy) is 2. The van der Waals surface area contributed by atoms with E-state index in [0.717, 1.165) is 0 Å². The smallest absolute Gasteiger partial charge is 0.162 e. The minimum Gasteiger partial charge on any atom is -0.507 e. The number of aliphatic imine (C=N–C) groups is 1. The molecule has 2 aromatic rings. The van der Waals surface area contributed by atoms with Crippen LogP contribution in [0.3, 0.4) is 0 Å². The van der Waals surface area contributed by atoms with Gasteiger partial charge in [0.15, 0.2) is 11.5 Å². The third-order valence-corrected chi connectivity index (χ3v) is 3.02. The van der Waals surface area contributed by atoms with Gasteiger partial charge in [-0.15, -0.1) is 0 Å². The average molecular weight is 306 g/mol. The number of hydrogen-bond acceptors (Lipinski definition) is 4. The van der Waals surface area contributed by atoms with Crippen LogP contribution >= 0.6 is 11.6 Å². The molecular weight excluding hydrogens is 290 g/mol. The molecule has 2 aromatic carbocycles. The number of hydrogen-bond donors (Lipinski definition) is 1. The van der Waals surface area contributed by atoms with Gasteiger partial charge in [0, 0.05) is 22.9 Å². The second kappa shape index (κ2) is 6.99. The summed E-state index contributed by atoms with van der Waals surface area (Å²) < 4.78 is 10.7. The lowest BCUT2D eigenvalue weighted by Crippen LogP contribution is -1.94. The molecule has 0 aromatic heterocycles. The molecule has 0 bridgehead atoms. The van der Waals surface area contributed by atoms with E-state index in [1.165, 1.54) is 6.07 Å². The van der Waals surface area contributed by atoms with Gasteiger partial charge in [-0.05, 0) is 37.3 Å². The molecule has 0 saturated heterocycles. The summed E-state index contributed by atoms with van der Waals surface area (Å²) in [5, 5.41) is 10.3. The van der Waals surface area contributed by atoms with Crippen molar-refractivity contribution in [3.05, 3.63) is 47.0 Å². The predicted molar refractivity (Wildman–Crippen MR) is 84.5 cm³/mol. The van der Waals surface area contributed by atoms with Crippen LogP contribution < -0.4 is 9.47 Å². The summed E-state index contributed by atoms with van der Waals surface area (Å²) in [4.78, 5) is 4.31. The number of aromatic hydroxyl groups is 1. The van der Waals surface area contributed by atoms with Crippen molar-refractivity contribution in [1.82, 2.24) is 0 Å². The van der Waals surface area contributed by atoms with E-state index in [1.807, 2.05) is 13.0 Å². The zero-order valence-electron chi connectivity index (χ0n) is 11.8. The summed E-state index contributed by atoms with van der Waals surface area (Å²) in [5.41, 5.74) is 1.24. The molecule has 0 atom stereocenters. The highest BCUT2D eigenvalue weighted by atomic mass is 35.5. The molecule has 110 valence electrons. The fraction of sp³-hybridized carbons (Fsp3) is 0.188. The summed E-state index contributed by atoms with van der Waals surface area (Å²) in [6, 6.07) is 10.2. The van der Waals surface area contributed by atoms with Crippen molar-refractivity contribution in [2.24, 2.45) is 4.99 Å². The van der Waals surface area contributed by atoms with E-state index in [-0.39, 0.29) is 5.75 Å². The minimum atomic E-state index is 0.126. The van der Waals surface area contributed by atoms with Gasteiger partial charge in [-0.2, -0.15) is 0 Å². The molecule has 0 radical (unpaired) electrons. The van der Waals surface area contributed by atoms with Crippen LogP contribution in [0.15, 0.2) is 41.4 Å². The van der Waals surface area contributed by atoms with Crippen molar-refractivity contribution in [2.45, 2.75) is 6.92 Å². The second-order valence-electron chi connectivity index (χ2n) is 4.23. The van der Waals surface area contributed by atoms with Gasteiger partial charge in [0.25, 0.3) is 0 Å². The molecule has 0 aliphatic carbocycles. The number of phenolic OH excluding ortho intramolecular Hbond substituents is 1. The Kier molecular flexibility index (Phi) is 5.06. The van der Waals surface area contributed by atoms with Crippen LogP contribution in [0.2, 0.25) is 5.02 Å². The quantitative estimate of drug-likeness (QED) is 0.842. The molecule has 21 heavy (non-hydrogen) atoms. The van der Waals surface area contributed by atoms with Crippen LogP contribution in [0, 0.1) is 0 Å². The number of halogens is 1. The van der Waals surface area contributed by atoms with Crippen molar-refractivity contribution in [3.63, 3.8) is 0 Å². The zero-order chi connectivity index (χ0) is 15.2. The third-order valence-electron chi connectivity index (χ3n) is 2.79. The average Bonchev–Trinajstić information content (AvgIpc) is 2.49. The highest BCUT2D eigenvalue weighted by molar-refractivity contribution is 6.30. The van der Waals surface area contributed by atoms with Gasteiger partial charge < -0.3 is 14.6 Å². The Bertz CT molecular complexity index is 656. The molecule has 0 unspecified atom stereocenters. The maximum atomic E-state index is 9.73. The third kappa shape index (κ3) is 3.89. The molecule has 4 nitrogen and oxygen atoms in total. The van der Waals surface area contributed by atoms with Gasteiger partial charge in [0.2, 0.25) is 0 Å². The van der Waals surface area contributed by atoms with Crippen molar-refractivity contribution >= 4 is 23.5 Å². The zero-order valence-corrected chi connectivity index (χ0v) is 12.6. The molecule has 0 spiro atoms. The molecule has 0 aliphatic rings. The van der Waals surface area contributed by atoms with Crippen LogP contribution in [-0.4, -0.2) is 25.0 Å². The van der Waals surface area contributed by atoms with E-state index >= 15 is 0 Å². The molecule has 1 N–H and O–H groups in total. The SMILES string of the molecule is CCOc1ccc(N=Cc2cc(Cl)ccc2O)cc1OC. The fourth-order valence-corrected chi connectivity index (χ4v) is 1.96. The van der Waals surface area contributed by atoms with Gasteiger partial charge in [-0.25, -0.2) is 0 Å². The lowest BCUT2D eigenvalue weighted by Gasteiger charge is -2.09. The van der Waals surface area contributed by atoms with Gasteiger partial charge in [0.05, 0.1) is 19.4 Å². The second-order valence-corrected chi connectivity index (χ2v) is 4.67. The summed E-state index contributed by atoms with van der Waals surface area (Å²) in [6.45, 7) is 2.47. The van der Waals surface area contributed by atoms with Crippen LogP contribution in [-0.2, 0) is 0 Å². The molecule has 0 heterocycles. The first-order valence-corrected chi connectivity index (χ1v) is 6.85. The van der Waals surface area contributed by atoms with Crippen molar-refractivity contribution in [2.75, 3.05) is 13.7 Å². The molecule has 0 fully saturated rings. The molecule has 0 amide bonds. The van der Waals surface area contributed by atoms with Crippen molar-refractivity contribution in [1.29, 1.82) is 0 Å². The van der Waals surface area contributed by atoms with Crippen LogP contribution in [0.1, 0.15) is 12.5 Å². The molecule has 0 saturated carbocycles. The molecular formula is C16H16ClNO3. The molecule has 0 aliphatic heterocycles. The maximum Gasteiger partial charge on any atom is 0.162 e. The summed E-state index contributed by atoms with van der Waals surface area (Å²) in [5.74, 6) is 1.41. The molecule has 5 heteroatoms. The van der Waals surface area contributed by atoms with E-state index in [1.54, 1.807) is 37.6 Å².